The highest BCUT2D eigenvalue weighted by Gasteiger charge is 2.22. The minimum absolute atomic E-state index is 0.0231. The van der Waals surface area contributed by atoms with Gasteiger partial charge in [0.1, 0.15) is 0 Å². The largest absolute Gasteiger partial charge is 0.349 e. The number of aryl methyl sites for hydroxylation is 2. The number of hydrogen-bond acceptors (Lipinski definition) is 4. The molecule has 0 fully saturated rings. The van der Waals surface area contributed by atoms with E-state index in [0.29, 0.717) is 12.0 Å². The monoisotopic (exact) mass is 284 g/mol. The molecule has 2 aromatic rings. The Labute approximate surface area is 121 Å². The molecule has 1 aliphatic rings. The van der Waals surface area contributed by atoms with Gasteiger partial charge in [-0.15, -0.1) is 0 Å². The zero-order chi connectivity index (χ0) is 14.8. The van der Waals surface area contributed by atoms with Gasteiger partial charge in [0.15, 0.2) is 0 Å². The van der Waals surface area contributed by atoms with Crippen LogP contribution in [0.3, 0.4) is 0 Å². The summed E-state index contributed by atoms with van der Waals surface area (Å²) in [6.45, 7) is 1.88. The van der Waals surface area contributed by atoms with Crippen molar-refractivity contribution in [1.82, 2.24) is 20.5 Å². The maximum Gasteiger partial charge on any atom is 0.264 e. The topological polar surface area (TPSA) is 87.7 Å². The van der Waals surface area contributed by atoms with Gasteiger partial charge in [0.2, 0.25) is 0 Å². The molecule has 0 saturated heterocycles. The van der Waals surface area contributed by atoms with Gasteiger partial charge >= 0.3 is 0 Å². The first-order valence-electron chi connectivity index (χ1n) is 6.93. The maximum atomic E-state index is 12.2. The number of fused-ring (bicyclic) bond motifs is 1. The number of nitrogens with one attached hydrogen (secondary N) is 2. The van der Waals surface area contributed by atoms with Gasteiger partial charge in [0.05, 0.1) is 11.3 Å². The molecule has 6 nitrogen and oxygen atoms in total. The summed E-state index contributed by atoms with van der Waals surface area (Å²) in [5.74, 6) is -0.131. The van der Waals surface area contributed by atoms with E-state index in [1.807, 2.05) is 13.0 Å². The molecule has 0 aliphatic heterocycles. The Morgan fingerprint density at radius 1 is 1.43 bits per heavy atom. The minimum atomic E-state index is -0.205. The third-order valence-electron chi connectivity index (χ3n) is 3.68. The molecule has 1 amide bonds. The van der Waals surface area contributed by atoms with Crippen molar-refractivity contribution in [2.45, 2.75) is 32.2 Å². The molecule has 108 valence electrons. The van der Waals surface area contributed by atoms with E-state index < -0.39 is 0 Å². The van der Waals surface area contributed by atoms with Crippen LogP contribution in [0.4, 0.5) is 0 Å². The van der Waals surface area contributed by atoms with Gasteiger partial charge in [0.25, 0.3) is 11.5 Å². The molecule has 2 aromatic heterocycles. The lowest BCUT2D eigenvalue weighted by Crippen LogP contribution is -2.39. The second-order valence-corrected chi connectivity index (χ2v) is 5.31. The molecule has 0 radical (unpaired) electrons. The van der Waals surface area contributed by atoms with Crippen molar-refractivity contribution in [1.29, 1.82) is 0 Å². The summed E-state index contributed by atoms with van der Waals surface area (Å²) in [6, 6.07) is 5.17. The van der Waals surface area contributed by atoms with Crippen LogP contribution in [-0.2, 0) is 12.8 Å². The zero-order valence-corrected chi connectivity index (χ0v) is 11.7. The lowest BCUT2D eigenvalue weighted by molar-refractivity contribution is 0.0933. The van der Waals surface area contributed by atoms with E-state index in [-0.39, 0.29) is 17.5 Å². The fraction of sp³-hybridized carbons (Fsp3) is 0.333. The Hall–Kier alpha value is -2.50. The predicted molar refractivity (Wildman–Crippen MR) is 77.1 cm³/mol. The number of aromatic nitrogens is 3. The van der Waals surface area contributed by atoms with Crippen molar-refractivity contribution in [3.05, 3.63) is 57.3 Å². The number of hydrogen-bond donors (Lipinski definition) is 2. The molecule has 21 heavy (non-hydrogen) atoms. The standard InChI is InChI=1S/C15H16N4O2/c1-9-2-3-10(8-16-9)15(21)17-12-4-5-13-11(6-12)7-14(20)19-18-13/h2-3,7-8,12H,4-6H2,1H3,(H,17,21)(H,19,20)/t12-/m0/s1. The van der Waals surface area contributed by atoms with Crippen LogP contribution < -0.4 is 10.9 Å². The first-order valence-corrected chi connectivity index (χ1v) is 6.93. The van der Waals surface area contributed by atoms with Gasteiger partial charge in [-0.2, -0.15) is 5.10 Å². The SMILES string of the molecule is Cc1ccc(C(=O)N[C@H]2CCc3n[nH]c(=O)cc3C2)cn1. The molecule has 1 aliphatic carbocycles. The molecular formula is C15H16N4O2. The minimum Gasteiger partial charge on any atom is -0.349 e. The van der Waals surface area contributed by atoms with Gasteiger partial charge in [0, 0.05) is 24.0 Å². The van der Waals surface area contributed by atoms with Crippen LogP contribution in [0, 0.1) is 6.92 Å². The molecular weight excluding hydrogens is 268 g/mol. The van der Waals surface area contributed by atoms with E-state index in [0.717, 1.165) is 29.8 Å². The predicted octanol–water partition coefficient (Wildman–Crippen LogP) is 0.761. The average molecular weight is 284 g/mol. The van der Waals surface area contributed by atoms with E-state index in [4.69, 9.17) is 0 Å². The number of H-pyrrole nitrogens is 1. The summed E-state index contributed by atoms with van der Waals surface area (Å²) in [4.78, 5) is 27.6. The summed E-state index contributed by atoms with van der Waals surface area (Å²) < 4.78 is 0. The molecule has 2 heterocycles. The number of carbonyl (C=O) groups excluding carboxylic acids is 1. The summed E-state index contributed by atoms with van der Waals surface area (Å²) in [5, 5.41) is 9.48. The first-order chi connectivity index (χ1) is 10.1. The van der Waals surface area contributed by atoms with Crippen LogP contribution in [0.15, 0.2) is 29.2 Å². The Bertz CT molecular complexity index is 721. The first kappa shape index (κ1) is 13.5. The van der Waals surface area contributed by atoms with Crippen LogP contribution in [0.25, 0.3) is 0 Å². The highest BCUT2D eigenvalue weighted by Crippen LogP contribution is 2.17. The van der Waals surface area contributed by atoms with E-state index >= 15 is 0 Å². The van der Waals surface area contributed by atoms with Crippen LogP contribution in [0.5, 0.6) is 0 Å². The summed E-state index contributed by atoms with van der Waals surface area (Å²) in [7, 11) is 0. The molecule has 0 aromatic carbocycles. The number of nitrogens with zero attached hydrogens (tertiary/aromatic N) is 2. The van der Waals surface area contributed by atoms with Crippen LogP contribution in [-0.4, -0.2) is 27.1 Å². The van der Waals surface area contributed by atoms with Gasteiger partial charge in [-0.1, -0.05) is 0 Å². The van der Waals surface area contributed by atoms with Crippen molar-refractivity contribution < 1.29 is 4.79 Å². The van der Waals surface area contributed by atoms with E-state index in [2.05, 4.69) is 20.5 Å². The zero-order valence-electron chi connectivity index (χ0n) is 11.7. The lowest BCUT2D eigenvalue weighted by atomic mass is 9.92. The average Bonchev–Trinajstić information content (AvgIpc) is 2.47. The normalized spacial score (nSPS) is 17.1. The van der Waals surface area contributed by atoms with E-state index in [1.54, 1.807) is 18.3 Å². The highest BCUT2D eigenvalue weighted by molar-refractivity contribution is 5.94. The molecule has 0 spiro atoms. The maximum absolute atomic E-state index is 12.2. The molecule has 3 rings (SSSR count). The van der Waals surface area contributed by atoms with Gasteiger partial charge in [-0.3, -0.25) is 14.6 Å². The lowest BCUT2D eigenvalue weighted by Gasteiger charge is -2.24. The Morgan fingerprint density at radius 2 is 2.29 bits per heavy atom. The van der Waals surface area contributed by atoms with Crippen molar-refractivity contribution in [2.75, 3.05) is 0 Å². The smallest absolute Gasteiger partial charge is 0.264 e. The van der Waals surface area contributed by atoms with Gasteiger partial charge in [-0.05, 0) is 43.9 Å². The van der Waals surface area contributed by atoms with Gasteiger partial charge in [-0.25, -0.2) is 5.10 Å². The van der Waals surface area contributed by atoms with E-state index in [1.165, 1.54) is 0 Å². The van der Waals surface area contributed by atoms with Crippen molar-refractivity contribution in [3.63, 3.8) is 0 Å². The number of rotatable bonds is 2. The summed E-state index contributed by atoms with van der Waals surface area (Å²) >= 11 is 0. The molecule has 0 bridgehead atoms. The molecule has 1 atom stereocenters. The van der Waals surface area contributed by atoms with Crippen LogP contribution in [0.2, 0.25) is 0 Å². The fourth-order valence-electron chi connectivity index (χ4n) is 2.53. The Morgan fingerprint density at radius 3 is 3.05 bits per heavy atom. The van der Waals surface area contributed by atoms with Crippen molar-refractivity contribution in [2.24, 2.45) is 0 Å². The quantitative estimate of drug-likeness (QED) is 0.852. The third kappa shape index (κ3) is 2.99. The molecule has 0 unspecified atom stereocenters. The van der Waals surface area contributed by atoms with Crippen molar-refractivity contribution >= 4 is 5.91 Å². The van der Waals surface area contributed by atoms with Crippen LogP contribution in [0.1, 0.15) is 33.7 Å². The Kier molecular flexibility index (Phi) is 3.51. The Balaban J connectivity index is 1.70. The van der Waals surface area contributed by atoms with Gasteiger partial charge < -0.3 is 5.32 Å². The second kappa shape index (κ2) is 5.47. The molecule has 0 saturated carbocycles. The highest BCUT2D eigenvalue weighted by atomic mass is 16.1. The molecule has 6 heteroatoms. The summed E-state index contributed by atoms with van der Waals surface area (Å²) in [5.41, 5.74) is 3.05. The number of pyridine rings is 1. The number of carbonyl (C=O) groups is 1. The van der Waals surface area contributed by atoms with Crippen molar-refractivity contribution in [3.8, 4) is 0 Å². The number of amides is 1. The third-order valence-corrected chi connectivity index (χ3v) is 3.68. The number of aromatic amines is 1. The second-order valence-electron chi connectivity index (χ2n) is 5.31. The summed E-state index contributed by atoms with van der Waals surface area (Å²) in [6.07, 6.45) is 3.78. The van der Waals surface area contributed by atoms with Crippen LogP contribution >= 0.6 is 0 Å². The fourth-order valence-corrected chi connectivity index (χ4v) is 2.53. The molecule has 2 N–H and O–H groups in total. The van der Waals surface area contributed by atoms with E-state index in [9.17, 15) is 9.59 Å².